The number of unbranched alkanes of at least 4 members (excludes halogenated alkanes) is 7. The van der Waals surface area contributed by atoms with Gasteiger partial charge in [0.2, 0.25) is 0 Å². The van der Waals surface area contributed by atoms with Crippen molar-refractivity contribution >= 4 is 25.7 Å². The van der Waals surface area contributed by atoms with E-state index in [0.717, 1.165) is 122 Å². The summed E-state index contributed by atoms with van der Waals surface area (Å²) in [6, 6.07) is 0. The lowest BCUT2D eigenvalue weighted by Crippen LogP contribution is -2.30. The van der Waals surface area contributed by atoms with Crippen molar-refractivity contribution in [1.82, 2.24) is 0 Å². The smallest absolute Gasteiger partial charge is 0.462 e. The molecule has 0 spiro atoms. The average molecular weight is 1100 g/mol. The third-order valence-electron chi connectivity index (χ3n) is 11.1. The maximum Gasteiger partial charge on any atom is 0.472 e. The van der Waals surface area contributed by atoms with E-state index in [1.807, 2.05) is 24.3 Å². The second-order valence-electron chi connectivity index (χ2n) is 18.3. The largest absolute Gasteiger partial charge is 0.472 e. The molecule has 0 bridgehead atoms. The average Bonchev–Trinajstić information content (AvgIpc) is 3.43. The molecular formula is C66H101O11P. The van der Waals surface area contributed by atoms with Gasteiger partial charge in [0.1, 0.15) is 12.7 Å². The Morgan fingerprint density at radius 2 is 0.692 bits per heavy atom. The van der Waals surface area contributed by atoms with Gasteiger partial charge in [-0.2, -0.15) is 0 Å². The summed E-state index contributed by atoms with van der Waals surface area (Å²) in [5.41, 5.74) is 0. The van der Waals surface area contributed by atoms with Crippen LogP contribution in [0.2, 0.25) is 0 Å². The lowest BCUT2D eigenvalue weighted by atomic mass is 10.1. The van der Waals surface area contributed by atoms with E-state index in [4.69, 9.17) is 23.3 Å². The first-order valence-electron chi connectivity index (χ1n) is 29.0. The van der Waals surface area contributed by atoms with Crippen LogP contribution in [0.1, 0.15) is 188 Å². The highest BCUT2D eigenvalue weighted by Crippen LogP contribution is 2.43. The van der Waals surface area contributed by atoms with Crippen molar-refractivity contribution in [3.8, 4) is 0 Å². The Labute approximate surface area is 472 Å². The highest BCUT2D eigenvalue weighted by atomic mass is 31.2. The third kappa shape index (κ3) is 55.6. The first kappa shape index (κ1) is 72.8. The minimum atomic E-state index is -4.80. The number of esters is 3. The molecule has 436 valence electrons. The Morgan fingerprint density at radius 1 is 0.372 bits per heavy atom. The van der Waals surface area contributed by atoms with Crippen LogP contribution in [0.25, 0.3) is 0 Å². The van der Waals surface area contributed by atoms with E-state index in [9.17, 15) is 28.9 Å². The highest BCUT2D eigenvalue weighted by Gasteiger charge is 2.28. The molecule has 0 saturated heterocycles. The van der Waals surface area contributed by atoms with Crippen LogP contribution in [0.15, 0.2) is 170 Å². The summed E-state index contributed by atoms with van der Waals surface area (Å²) < 4.78 is 39.3. The van der Waals surface area contributed by atoms with Gasteiger partial charge in [-0.1, -0.05) is 217 Å². The number of ether oxygens (including phenoxy) is 3. The summed E-state index contributed by atoms with van der Waals surface area (Å²) in [5.74, 6) is -1.71. The molecule has 11 nitrogen and oxygen atoms in total. The molecule has 0 fully saturated rings. The minimum absolute atomic E-state index is 0.0697. The summed E-state index contributed by atoms with van der Waals surface area (Å²) in [7, 11) is -4.80. The van der Waals surface area contributed by atoms with E-state index in [1.165, 1.54) is 0 Å². The van der Waals surface area contributed by atoms with Gasteiger partial charge in [-0.25, -0.2) is 4.57 Å². The fourth-order valence-corrected chi connectivity index (χ4v) is 7.65. The first-order chi connectivity index (χ1) is 38.2. The molecule has 78 heavy (non-hydrogen) atoms. The number of phosphoric acid groups is 1. The van der Waals surface area contributed by atoms with Gasteiger partial charge in [-0.15, -0.1) is 0 Å². The van der Waals surface area contributed by atoms with Gasteiger partial charge in [-0.3, -0.25) is 23.4 Å². The number of carbonyl (C=O) groups excluding carboxylic acids is 3. The van der Waals surface area contributed by atoms with Crippen LogP contribution < -0.4 is 0 Å². The molecule has 0 saturated carbocycles. The van der Waals surface area contributed by atoms with Crippen LogP contribution in [-0.2, 0) is 42.2 Å². The molecule has 2 N–H and O–H groups in total. The van der Waals surface area contributed by atoms with Gasteiger partial charge < -0.3 is 24.2 Å². The van der Waals surface area contributed by atoms with E-state index in [0.29, 0.717) is 25.7 Å². The molecule has 0 radical (unpaired) electrons. The third-order valence-corrected chi connectivity index (χ3v) is 12.1. The molecule has 0 heterocycles. The summed E-state index contributed by atoms with van der Waals surface area (Å²) >= 11 is 0. The zero-order chi connectivity index (χ0) is 56.9. The van der Waals surface area contributed by atoms with Gasteiger partial charge in [-0.05, 0) is 122 Å². The molecule has 0 aliphatic carbocycles. The predicted octanol–water partition coefficient (Wildman–Crippen LogP) is 17.5. The molecule has 0 rings (SSSR count). The fraction of sp³-hybridized carbons (Fsp3) is 0.530. The number of allylic oxidation sites excluding steroid dienone is 27. The molecule has 3 unspecified atom stereocenters. The second-order valence-corrected chi connectivity index (χ2v) is 19.8. The van der Waals surface area contributed by atoms with Crippen LogP contribution in [0.5, 0.6) is 0 Å². The van der Waals surface area contributed by atoms with Crippen LogP contribution in [-0.4, -0.2) is 66.5 Å². The monoisotopic (exact) mass is 1100 g/mol. The van der Waals surface area contributed by atoms with Crippen LogP contribution in [0, 0.1) is 0 Å². The van der Waals surface area contributed by atoms with Crippen molar-refractivity contribution in [2.45, 2.75) is 200 Å². The lowest BCUT2D eigenvalue weighted by molar-refractivity contribution is -0.161. The molecule has 12 heteroatoms. The van der Waals surface area contributed by atoms with Crippen LogP contribution >= 0.6 is 7.82 Å². The van der Waals surface area contributed by atoms with Crippen LogP contribution in [0.3, 0.4) is 0 Å². The summed E-state index contributed by atoms with van der Waals surface area (Å²) in [4.78, 5) is 48.5. The molecule has 0 amide bonds. The standard InChI is InChI=1S/C66H101O11P/c1-4-7-10-13-16-19-22-25-28-30-31-33-36-39-42-45-48-51-54-57-66(70)77-63(59-73-64(68)55-52-49-46-43-40-37-35-32-29-26-23-20-17-14-11-8-5-2)61-75-78(71,72)74-60-62(58-67)76-65(69)56-53-50-47-44-41-38-34-27-24-21-18-15-12-9-6-3/h7-12,16-21,25-29,31,33-35,37,41,43-44,46,50,53,62-63,67H,4-6,13-15,22-24,30,32,36,38-40,42,45,47-49,51-52,54-61H2,1-3H3,(H,71,72)/b10-7-,11-8-,12-9-,19-16-,20-17-,21-18-,28-25-,29-26-,33-31-,34-27-,37-35-,44-41-,46-43-,53-50-. The minimum Gasteiger partial charge on any atom is -0.462 e. The Hall–Kier alpha value is -5.16. The Kier molecular flexibility index (Phi) is 54.2. The maximum absolute atomic E-state index is 12.9. The quantitative estimate of drug-likeness (QED) is 0.0197. The van der Waals surface area contributed by atoms with Crippen molar-refractivity contribution in [3.05, 3.63) is 170 Å². The summed E-state index contributed by atoms with van der Waals surface area (Å²) in [6.45, 7) is 4.08. The van der Waals surface area contributed by atoms with E-state index in [2.05, 4.69) is 161 Å². The van der Waals surface area contributed by atoms with Crippen molar-refractivity contribution in [2.75, 3.05) is 26.4 Å². The Morgan fingerprint density at radius 3 is 1.10 bits per heavy atom. The zero-order valence-electron chi connectivity index (χ0n) is 48.0. The Bertz CT molecular complexity index is 1960. The SMILES string of the molecule is CC/C=C\C/C=C\C/C=C\C/C=C\C/C=C\CCCC(=O)OCC(COP(=O)(O)OCC(CO)OC(=O)C/C=C\C/C=C\C/C=C\C/C=C\C/C=C\CC)OC(=O)CCCCCCCC/C=C\C/C=C\C/C=C\C/C=C\CC. The van der Waals surface area contributed by atoms with Gasteiger partial charge in [0.15, 0.2) is 6.10 Å². The summed E-state index contributed by atoms with van der Waals surface area (Å²) in [5, 5.41) is 9.80. The molecule has 0 aliphatic rings. The van der Waals surface area contributed by atoms with E-state index >= 15 is 0 Å². The molecule has 0 aliphatic heterocycles. The topological polar surface area (TPSA) is 155 Å². The lowest BCUT2D eigenvalue weighted by Gasteiger charge is -2.21. The van der Waals surface area contributed by atoms with E-state index < -0.39 is 64.4 Å². The van der Waals surface area contributed by atoms with Crippen molar-refractivity contribution in [1.29, 1.82) is 0 Å². The molecular weight excluding hydrogens is 1000 g/mol. The summed E-state index contributed by atoms with van der Waals surface area (Å²) in [6.07, 6.45) is 77.7. The predicted molar refractivity (Wildman–Crippen MR) is 325 cm³/mol. The highest BCUT2D eigenvalue weighted by molar-refractivity contribution is 7.47. The van der Waals surface area contributed by atoms with Gasteiger partial charge in [0.25, 0.3) is 0 Å². The number of aliphatic hydroxyl groups excluding tert-OH is 1. The number of hydrogen-bond acceptors (Lipinski definition) is 10. The van der Waals surface area contributed by atoms with Gasteiger partial charge in [0.05, 0.1) is 26.2 Å². The zero-order valence-corrected chi connectivity index (χ0v) is 48.9. The van der Waals surface area contributed by atoms with Crippen molar-refractivity contribution in [2.24, 2.45) is 0 Å². The second kappa shape index (κ2) is 58.0. The maximum atomic E-state index is 12.9. The van der Waals surface area contributed by atoms with Gasteiger partial charge in [0, 0.05) is 12.8 Å². The van der Waals surface area contributed by atoms with Crippen molar-refractivity contribution in [3.63, 3.8) is 0 Å². The molecule has 0 aromatic rings. The molecule has 0 aromatic heterocycles. The van der Waals surface area contributed by atoms with Crippen molar-refractivity contribution < 1.29 is 52.2 Å². The number of phosphoric ester groups is 1. The molecule has 0 aromatic carbocycles. The number of carbonyl (C=O) groups is 3. The Balaban J connectivity index is 4.95. The van der Waals surface area contributed by atoms with Crippen LogP contribution in [0.4, 0.5) is 0 Å². The number of aliphatic hydroxyl groups is 1. The normalized spacial score (nSPS) is 14.6. The number of rotatable bonds is 51. The fourth-order valence-electron chi connectivity index (χ4n) is 6.87. The van der Waals surface area contributed by atoms with E-state index in [1.54, 1.807) is 6.08 Å². The first-order valence-corrected chi connectivity index (χ1v) is 30.5. The number of hydrogen-bond donors (Lipinski definition) is 2. The van der Waals surface area contributed by atoms with E-state index in [-0.39, 0.29) is 19.3 Å². The molecule has 3 atom stereocenters. The van der Waals surface area contributed by atoms with Gasteiger partial charge >= 0.3 is 25.7 Å².